The van der Waals surface area contributed by atoms with Crippen LogP contribution in [0, 0.1) is 5.82 Å². The number of carbonyl (C=O) groups excluding carboxylic acids is 1. The van der Waals surface area contributed by atoms with E-state index in [1.165, 1.54) is 12.1 Å². The third kappa shape index (κ3) is 4.95. The van der Waals surface area contributed by atoms with Gasteiger partial charge in [0.2, 0.25) is 5.91 Å². The average molecular weight is 360 g/mol. The van der Waals surface area contributed by atoms with Crippen molar-refractivity contribution in [3.8, 4) is 11.5 Å². The van der Waals surface area contributed by atoms with Gasteiger partial charge in [-0.3, -0.25) is 9.69 Å². The lowest BCUT2D eigenvalue weighted by molar-refractivity contribution is -0.120. The van der Waals surface area contributed by atoms with E-state index in [-0.39, 0.29) is 11.6 Å². The molecule has 0 bridgehead atoms. The van der Waals surface area contributed by atoms with Crippen molar-refractivity contribution in [3.63, 3.8) is 0 Å². The standard InChI is InChI=1S/C20H25FN2O3/c1-5-26-18-11-10-15(12-19(18)25-4)13-23(3)14(2)20(24)22-17-9-7-6-8-16(17)21/h6-12,14H,5,13H2,1-4H3,(H,22,24)/t14-/m1/s1. The quantitative estimate of drug-likeness (QED) is 0.780. The number of amides is 1. The van der Waals surface area contributed by atoms with Gasteiger partial charge in [-0.1, -0.05) is 18.2 Å². The fourth-order valence-corrected chi connectivity index (χ4v) is 2.51. The Labute approximate surface area is 153 Å². The maximum atomic E-state index is 13.7. The molecule has 2 rings (SSSR count). The zero-order chi connectivity index (χ0) is 19.1. The molecule has 0 heterocycles. The summed E-state index contributed by atoms with van der Waals surface area (Å²) in [5.74, 6) is 0.621. The Morgan fingerprint density at radius 2 is 1.96 bits per heavy atom. The first-order valence-electron chi connectivity index (χ1n) is 8.51. The van der Waals surface area contributed by atoms with Gasteiger partial charge in [-0.2, -0.15) is 0 Å². The maximum Gasteiger partial charge on any atom is 0.241 e. The molecule has 0 aliphatic carbocycles. The molecule has 0 fully saturated rings. The van der Waals surface area contributed by atoms with E-state index < -0.39 is 11.9 Å². The number of rotatable bonds is 8. The number of nitrogens with one attached hydrogen (secondary N) is 1. The summed E-state index contributed by atoms with van der Waals surface area (Å²) in [6.45, 7) is 4.79. The smallest absolute Gasteiger partial charge is 0.241 e. The number of anilines is 1. The van der Waals surface area contributed by atoms with Crippen molar-refractivity contribution in [2.24, 2.45) is 0 Å². The number of methoxy groups -OCH3 is 1. The van der Waals surface area contributed by atoms with Crippen molar-refractivity contribution < 1.29 is 18.7 Å². The van der Waals surface area contributed by atoms with Crippen LogP contribution in [0.5, 0.6) is 11.5 Å². The zero-order valence-electron chi connectivity index (χ0n) is 15.6. The van der Waals surface area contributed by atoms with Crippen molar-refractivity contribution in [2.45, 2.75) is 26.4 Å². The number of benzene rings is 2. The van der Waals surface area contributed by atoms with E-state index in [0.29, 0.717) is 24.7 Å². The van der Waals surface area contributed by atoms with E-state index in [0.717, 1.165) is 5.56 Å². The van der Waals surface area contributed by atoms with Crippen LogP contribution in [0.2, 0.25) is 0 Å². The van der Waals surface area contributed by atoms with Crippen LogP contribution in [0.3, 0.4) is 0 Å². The topological polar surface area (TPSA) is 50.8 Å². The molecule has 5 nitrogen and oxygen atoms in total. The Morgan fingerprint density at radius 3 is 2.62 bits per heavy atom. The summed E-state index contributed by atoms with van der Waals surface area (Å²) in [5, 5.41) is 2.62. The lowest BCUT2D eigenvalue weighted by Crippen LogP contribution is -2.39. The molecule has 0 saturated carbocycles. The molecule has 0 spiro atoms. The monoisotopic (exact) mass is 360 g/mol. The van der Waals surface area contributed by atoms with Crippen LogP contribution >= 0.6 is 0 Å². The predicted octanol–water partition coefficient (Wildman–Crippen LogP) is 3.69. The van der Waals surface area contributed by atoms with Gasteiger partial charge >= 0.3 is 0 Å². The van der Waals surface area contributed by atoms with E-state index in [1.54, 1.807) is 26.2 Å². The number of nitrogens with zero attached hydrogens (tertiary/aromatic N) is 1. The number of likely N-dealkylation sites (N-methyl/N-ethyl adjacent to an activating group) is 1. The molecule has 0 aliphatic heterocycles. The first kappa shape index (κ1) is 19.7. The summed E-state index contributed by atoms with van der Waals surface area (Å²) in [7, 11) is 3.43. The zero-order valence-corrected chi connectivity index (χ0v) is 15.6. The summed E-state index contributed by atoms with van der Waals surface area (Å²) in [5.41, 5.74) is 1.17. The molecule has 0 saturated heterocycles. The van der Waals surface area contributed by atoms with Crippen molar-refractivity contribution >= 4 is 11.6 Å². The highest BCUT2D eigenvalue weighted by atomic mass is 19.1. The molecule has 0 aromatic heterocycles. The SMILES string of the molecule is CCOc1ccc(CN(C)[C@H](C)C(=O)Nc2ccccc2F)cc1OC. The van der Waals surface area contributed by atoms with Gasteiger partial charge in [0.25, 0.3) is 0 Å². The maximum absolute atomic E-state index is 13.7. The van der Waals surface area contributed by atoms with Crippen molar-refractivity contribution in [3.05, 3.63) is 53.8 Å². The Bertz CT molecular complexity index is 752. The van der Waals surface area contributed by atoms with E-state index in [4.69, 9.17) is 9.47 Å². The van der Waals surface area contributed by atoms with Gasteiger partial charge in [-0.15, -0.1) is 0 Å². The summed E-state index contributed by atoms with van der Waals surface area (Å²) in [6, 6.07) is 11.4. The van der Waals surface area contributed by atoms with Crippen LogP contribution < -0.4 is 14.8 Å². The normalized spacial score (nSPS) is 11.9. The van der Waals surface area contributed by atoms with Gasteiger partial charge in [0.05, 0.1) is 25.4 Å². The van der Waals surface area contributed by atoms with Gasteiger partial charge in [0.1, 0.15) is 5.82 Å². The van der Waals surface area contributed by atoms with Gasteiger partial charge in [-0.25, -0.2) is 4.39 Å². The molecule has 1 N–H and O–H groups in total. The fourth-order valence-electron chi connectivity index (χ4n) is 2.51. The molecule has 6 heteroatoms. The largest absolute Gasteiger partial charge is 0.493 e. The first-order valence-corrected chi connectivity index (χ1v) is 8.51. The average Bonchev–Trinajstić information content (AvgIpc) is 2.64. The number of halogens is 1. The minimum Gasteiger partial charge on any atom is -0.493 e. The number of para-hydroxylation sites is 1. The second-order valence-electron chi connectivity index (χ2n) is 5.98. The summed E-state index contributed by atoms with van der Waals surface area (Å²) >= 11 is 0. The van der Waals surface area contributed by atoms with Crippen LogP contribution in [0.15, 0.2) is 42.5 Å². The fraction of sp³-hybridized carbons (Fsp3) is 0.350. The molecule has 0 unspecified atom stereocenters. The number of carbonyl (C=O) groups is 1. The minimum atomic E-state index is -0.452. The number of hydrogen-bond acceptors (Lipinski definition) is 4. The molecule has 0 aliphatic rings. The van der Waals surface area contributed by atoms with E-state index >= 15 is 0 Å². The molecule has 140 valence electrons. The highest BCUT2D eigenvalue weighted by molar-refractivity contribution is 5.94. The summed E-state index contributed by atoms with van der Waals surface area (Å²) in [6.07, 6.45) is 0. The van der Waals surface area contributed by atoms with Crippen LogP contribution in [-0.4, -0.2) is 37.6 Å². The summed E-state index contributed by atoms with van der Waals surface area (Å²) in [4.78, 5) is 14.3. The highest BCUT2D eigenvalue weighted by Gasteiger charge is 2.19. The molecule has 1 atom stereocenters. The third-order valence-electron chi connectivity index (χ3n) is 4.13. The molecular weight excluding hydrogens is 335 g/mol. The molecular formula is C20H25FN2O3. The van der Waals surface area contributed by atoms with Gasteiger partial charge < -0.3 is 14.8 Å². The van der Waals surface area contributed by atoms with Crippen molar-refractivity contribution in [2.75, 3.05) is 26.1 Å². The Morgan fingerprint density at radius 1 is 1.23 bits per heavy atom. The Kier molecular flexibility index (Phi) is 6.97. The Balaban J connectivity index is 2.03. The summed E-state index contributed by atoms with van der Waals surface area (Å²) < 4.78 is 24.6. The second-order valence-corrected chi connectivity index (χ2v) is 5.98. The predicted molar refractivity (Wildman–Crippen MR) is 100 cm³/mol. The first-order chi connectivity index (χ1) is 12.5. The van der Waals surface area contributed by atoms with Crippen LogP contribution in [-0.2, 0) is 11.3 Å². The van der Waals surface area contributed by atoms with Gasteiger partial charge in [-0.05, 0) is 50.7 Å². The molecule has 26 heavy (non-hydrogen) atoms. The van der Waals surface area contributed by atoms with E-state index in [2.05, 4.69) is 5.32 Å². The van der Waals surface area contributed by atoms with E-state index in [1.807, 2.05) is 37.1 Å². The lowest BCUT2D eigenvalue weighted by atomic mass is 10.1. The number of ether oxygens (including phenoxy) is 2. The minimum absolute atomic E-state index is 0.181. The van der Waals surface area contributed by atoms with E-state index in [9.17, 15) is 9.18 Å². The molecule has 1 amide bonds. The highest BCUT2D eigenvalue weighted by Crippen LogP contribution is 2.28. The lowest BCUT2D eigenvalue weighted by Gasteiger charge is -2.24. The van der Waals surface area contributed by atoms with Gasteiger partial charge in [0, 0.05) is 6.54 Å². The van der Waals surface area contributed by atoms with Crippen LogP contribution in [0.4, 0.5) is 10.1 Å². The second kappa shape index (κ2) is 9.20. The van der Waals surface area contributed by atoms with Crippen LogP contribution in [0.1, 0.15) is 19.4 Å². The molecule has 0 radical (unpaired) electrons. The van der Waals surface area contributed by atoms with Gasteiger partial charge in [0.15, 0.2) is 11.5 Å². The van der Waals surface area contributed by atoms with Crippen molar-refractivity contribution in [1.29, 1.82) is 0 Å². The third-order valence-corrected chi connectivity index (χ3v) is 4.13. The Hall–Kier alpha value is -2.60. The molecule has 2 aromatic carbocycles. The number of hydrogen-bond donors (Lipinski definition) is 1. The van der Waals surface area contributed by atoms with Crippen molar-refractivity contribution in [1.82, 2.24) is 4.90 Å². The van der Waals surface area contributed by atoms with Crippen LogP contribution in [0.25, 0.3) is 0 Å². The molecule has 2 aromatic rings.